The van der Waals surface area contributed by atoms with Crippen molar-refractivity contribution >= 4 is 0 Å². The van der Waals surface area contributed by atoms with Gasteiger partial charge in [-0.15, -0.1) is 0 Å². The summed E-state index contributed by atoms with van der Waals surface area (Å²) in [6, 6.07) is 14.4. The van der Waals surface area contributed by atoms with Crippen LogP contribution in [-0.2, 0) is 13.1 Å². The number of nitrogens with zero attached hydrogens (tertiary/aromatic N) is 2. The first-order chi connectivity index (χ1) is 13.1. The van der Waals surface area contributed by atoms with E-state index in [0.29, 0.717) is 18.3 Å². The fourth-order valence-corrected chi connectivity index (χ4v) is 3.84. The number of aryl methyl sites for hydroxylation is 1. The van der Waals surface area contributed by atoms with Gasteiger partial charge in [-0.3, -0.25) is 9.80 Å². The van der Waals surface area contributed by atoms with Gasteiger partial charge in [0, 0.05) is 50.9 Å². The van der Waals surface area contributed by atoms with E-state index in [-0.39, 0.29) is 12.4 Å². The summed E-state index contributed by atoms with van der Waals surface area (Å²) in [5.74, 6) is 0.735. The molecule has 0 amide bonds. The molecule has 0 saturated carbocycles. The molecule has 5 heteroatoms. The zero-order valence-electron chi connectivity index (χ0n) is 16.3. The molecule has 0 aliphatic carbocycles. The predicted octanol–water partition coefficient (Wildman–Crippen LogP) is 2.78. The number of rotatable bonds is 7. The molecule has 3 rings (SSSR count). The van der Waals surface area contributed by atoms with E-state index in [0.717, 1.165) is 38.2 Å². The van der Waals surface area contributed by atoms with E-state index in [1.807, 2.05) is 12.1 Å². The minimum absolute atomic E-state index is 0.188. The minimum Gasteiger partial charge on any atom is -0.504 e. The molecule has 0 spiro atoms. The molecule has 1 fully saturated rings. The van der Waals surface area contributed by atoms with Crippen molar-refractivity contribution < 1.29 is 14.9 Å². The summed E-state index contributed by atoms with van der Waals surface area (Å²) in [5.41, 5.74) is 3.53. The Kier molecular flexibility index (Phi) is 6.72. The molecule has 0 aromatic heterocycles. The number of phenolic OH excluding ortho intramolecular Hbond substituents is 1. The molecule has 0 bridgehead atoms. The summed E-state index contributed by atoms with van der Waals surface area (Å²) in [6.45, 7) is 6.70. The lowest BCUT2D eigenvalue weighted by atomic mass is 10.0. The molecule has 1 aliphatic rings. The molecular formula is C22H30N2O3. The summed E-state index contributed by atoms with van der Waals surface area (Å²) < 4.78 is 5.22. The number of methoxy groups -OCH3 is 1. The number of hydrogen-bond donors (Lipinski definition) is 2. The molecule has 0 radical (unpaired) electrons. The molecule has 1 saturated heterocycles. The summed E-state index contributed by atoms with van der Waals surface area (Å²) >= 11 is 0. The summed E-state index contributed by atoms with van der Waals surface area (Å²) in [4.78, 5) is 4.82. The van der Waals surface area contributed by atoms with Gasteiger partial charge in [-0.25, -0.2) is 0 Å². The SMILES string of the molecule is COc1cccc(CN2CCN(Cc3ccccc3C)[C@H](CCO)C2)c1O. The lowest BCUT2D eigenvalue weighted by molar-refractivity contribution is 0.0495. The Labute approximate surface area is 161 Å². The van der Waals surface area contributed by atoms with E-state index in [1.54, 1.807) is 13.2 Å². The number of phenols is 1. The van der Waals surface area contributed by atoms with Crippen LogP contribution in [0.25, 0.3) is 0 Å². The number of aliphatic hydroxyl groups is 1. The number of piperazine rings is 1. The maximum atomic E-state index is 10.4. The molecule has 1 aliphatic heterocycles. The van der Waals surface area contributed by atoms with Crippen molar-refractivity contribution in [3.63, 3.8) is 0 Å². The Morgan fingerprint density at radius 1 is 1.04 bits per heavy atom. The fourth-order valence-electron chi connectivity index (χ4n) is 3.84. The summed E-state index contributed by atoms with van der Waals surface area (Å²) in [5, 5.41) is 19.9. The van der Waals surface area contributed by atoms with Gasteiger partial charge in [-0.1, -0.05) is 36.4 Å². The van der Waals surface area contributed by atoms with E-state index in [9.17, 15) is 10.2 Å². The number of ether oxygens (including phenoxy) is 1. The third-order valence-electron chi connectivity index (χ3n) is 5.48. The normalized spacial score (nSPS) is 18.6. The largest absolute Gasteiger partial charge is 0.504 e. The number of aliphatic hydroxyl groups excluding tert-OH is 1. The first kappa shape index (κ1) is 19.7. The standard InChI is InChI=1S/C22H30N2O3/c1-17-6-3-4-7-18(17)15-24-12-11-23(16-20(24)10-13-25)14-19-8-5-9-21(27-2)22(19)26/h3-9,20,25-26H,10-16H2,1-2H3/t20-/m1/s1. The van der Waals surface area contributed by atoms with E-state index in [4.69, 9.17) is 4.74 Å². The third-order valence-corrected chi connectivity index (χ3v) is 5.48. The van der Waals surface area contributed by atoms with Gasteiger partial charge in [-0.05, 0) is 30.5 Å². The van der Waals surface area contributed by atoms with Crippen molar-refractivity contribution in [1.29, 1.82) is 0 Å². The van der Waals surface area contributed by atoms with Crippen molar-refractivity contribution in [2.45, 2.75) is 32.5 Å². The van der Waals surface area contributed by atoms with Crippen molar-refractivity contribution in [3.8, 4) is 11.5 Å². The quantitative estimate of drug-likeness (QED) is 0.785. The first-order valence-corrected chi connectivity index (χ1v) is 9.59. The Morgan fingerprint density at radius 3 is 2.56 bits per heavy atom. The minimum atomic E-state index is 0.188. The molecule has 1 heterocycles. The number of benzene rings is 2. The first-order valence-electron chi connectivity index (χ1n) is 9.59. The van der Waals surface area contributed by atoms with Gasteiger partial charge in [0.15, 0.2) is 11.5 Å². The van der Waals surface area contributed by atoms with E-state index in [2.05, 4.69) is 41.0 Å². The Balaban J connectivity index is 1.68. The van der Waals surface area contributed by atoms with Crippen LogP contribution in [0.5, 0.6) is 11.5 Å². The predicted molar refractivity (Wildman–Crippen MR) is 107 cm³/mol. The van der Waals surface area contributed by atoms with Crippen molar-refractivity contribution in [2.75, 3.05) is 33.4 Å². The van der Waals surface area contributed by atoms with E-state index < -0.39 is 0 Å². The van der Waals surface area contributed by atoms with Crippen LogP contribution in [0.2, 0.25) is 0 Å². The zero-order valence-corrected chi connectivity index (χ0v) is 16.3. The lowest BCUT2D eigenvalue weighted by Crippen LogP contribution is -2.52. The molecule has 0 unspecified atom stereocenters. The van der Waals surface area contributed by atoms with Crippen LogP contribution < -0.4 is 4.74 Å². The number of aromatic hydroxyl groups is 1. The van der Waals surface area contributed by atoms with Crippen molar-refractivity contribution in [1.82, 2.24) is 9.80 Å². The van der Waals surface area contributed by atoms with Gasteiger partial charge >= 0.3 is 0 Å². The third kappa shape index (κ3) is 4.80. The average Bonchev–Trinajstić information content (AvgIpc) is 2.67. The van der Waals surface area contributed by atoms with Crippen LogP contribution in [0.15, 0.2) is 42.5 Å². The van der Waals surface area contributed by atoms with Crippen LogP contribution in [-0.4, -0.2) is 59.4 Å². The molecule has 5 nitrogen and oxygen atoms in total. The average molecular weight is 370 g/mol. The molecular weight excluding hydrogens is 340 g/mol. The second kappa shape index (κ2) is 9.22. The topological polar surface area (TPSA) is 56.2 Å². The molecule has 2 aromatic carbocycles. The molecule has 27 heavy (non-hydrogen) atoms. The highest BCUT2D eigenvalue weighted by molar-refractivity contribution is 5.45. The molecule has 2 aromatic rings. The Morgan fingerprint density at radius 2 is 1.81 bits per heavy atom. The summed E-state index contributed by atoms with van der Waals surface area (Å²) in [6.07, 6.45) is 0.756. The van der Waals surface area contributed by atoms with E-state index >= 15 is 0 Å². The monoisotopic (exact) mass is 370 g/mol. The Hall–Kier alpha value is -2.08. The highest BCUT2D eigenvalue weighted by atomic mass is 16.5. The van der Waals surface area contributed by atoms with Gasteiger partial charge in [-0.2, -0.15) is 0 Å². The van der Waals surface area contributed by atoms with Crippen LogP contribution in [0.1, 0.15) is 23.1 Å². The number of para-hydroxylation sites is 1. The van der Waals surface area contributed by atoms with Crippen molar-refractivity contribution in [2.24, 2.45) is 0 Å². The zero-order chi connectivity index (χ0) is 19.2. The molecule has 146 valence electrons. The smallest absolute Gasteiger partial charge is 0.162 e. The fraction of sp³-hybridized carbons (Fsp3) is 0.455. The van der Waals surface area contributed by atoms with Crippen LogP contribution in [0.4, 0.5) is 0 Å². The van der Waals surface area contributed by atoms with Gasteiger partial charge in [0.05, 0.1) is 7.11 Å². The number of hydrogen-bond acceptors (Lipinski definition) is 5. The highest BCUT2D eigenvalue weighted by Gasteiger charge is 2.27. The van der Waals surface area contributed by atoms with Crippen LogP contribution in [0.3, 0.4) is 0 Å². The van der Waals surface area contributed by atoms with Gasteiger partial charge in [0.2, 0.25) is 0 Å². The van der Waals surface area contributed by atoms with Gasteiger partial charge in [0.25, 0.3) is 0 Å². The van der Waals surface area contributed by atoms with Crippen LogP contribution in [0, 0.1) is 6.92 Å². The maximum Gasteiger partial charge on any atom is 0.162 e. The molecule has 2 N–H and O–H groups in total. The second-order valence-electron chi connectivity index (χ2n) is 7.27. The van der Waals surface area contributed by atoms with Gasteiger partial charge < -0.3 is 14.9 Å². The van der Waals surface area contributed by atoms with Crippen LogP contribution >= 0.6 is 0 Å². The Bertz CT molecular complexity index is 750. The summed E-state index contributed by atoms with van der Waals surface area (Å²) in [7, 11) is 1.57. The van der Waals surface area contributed by atoms with Crippen molar-refractivity contribution in [3.05, 3.63) is 59.2 Å². The second-order valence-corrected chi connectivity index (χ2v) is 7.27. The lowest BCUT2D eigenvalue weighted by Gasteiger charge is -2.41. The maximum absolute atomic E-state index is 10.4. The van der Waals surface area contributed by atoms with E-state index in [1.165, 1.54) is 11.1 Å². The molecule has 1 atom stereocenters. The van der Waals surface area contributed by atoms with Gasteiger partial charge in [0.1, 0.15) is 0 Å². The highest BCUT2D eigenvalue weighted by Crippen LogP contribution is 2.31.